The normalized spacial score (nSPS) is 10.2. The molecule has 124 valence electrons. The highest BCUT2D eigenvalue weighted by Gasteiger charge is 2.05. The van der Waals surface area contributed by atoms with Crippen LogP contribution in [0.2, 0.25) is 5.02 Å². The third kappa shape index (κ3) is 4.06. The Morgan fingerprint density at radius 2 is 1.64 bits per heavy atom. The summed E-state index contributed by atoms with van der Waals surface area (Å²) in [6.45, 7) is 3.94. The lowest BCUT2D eigenvalue weighted by molar-refractivity contribution is 1.16. The molecular formula is C19H16ClN5. The summed E-state index contributed by atoms with van der Waals surface area (Å²) < 4.78 is 0. The molecule has 0 radical (unpaired) electrons. The Labute approximate surface area is 151 Å². The average Bonchev–Trinajstić information content (AvgIpc) is 2.60. The number of hydrogen-bond acceptors (Lipinski definition) is 5. The van der Waals surface area contributed by atoms with Crippen molar-refractivity contribution in [1.29, 1.82) is 5.26 Å². The highest BCUT2D eigenvalue weighted by atomic mass is 35.5. The highest BCUT2D eigenvalue weighted by Crippen LogP contribution is 2.26. The van der Waals surface area contributed by atoms with Gasteiger partial charge in [0.15, 0.2) is 0 Å². The number of anilines is 4. The van der Waals surface area contributed by atoms with Crippen LogP contribution in [0.5, 0.6) is 0 Å². The minimum Gasteiger partial charge on any atom is -0.340 e. The van der Waals surface area contributed by atoms with Crippen molar-refractivity contribution in [3.63, 3.8) is 0 Å². The predicted octanol–water partition coefficient (Wildman–Crippen LogP) is 5.11. The summed E-state index contributed by atoms with van der Waals surface area (Å²) in [6.07, 6.45) is 1.68. The van der Waals surface area contributed by atoms with Gasteiger partial charge in [-0.3, -0.25) is 0 Å². The Hall–Kier alpha value is -3.10. The standard InChI is InChI=1S/C19H16ClN5/c1-12-9-16(10-13(2)18(12)20)23-17-7-8-22-19(25-17)24-15-5-3-14(11-21)4-6-15/h3-10H,1-2H3,(H2,22,23,24,25). The first-order chi connectivity index (χ1) is 12.0. The molecule has 2 N–H and O–H groups in total. The third-order valence-corrected chi connectivity index (χ3v) is 4.23. The molecule has 0 aliphatic heterocycles. The zero-order chi connectivity index (χ0) is 17.8. The Kier molecular flexibility index (Phi) is 4.82. The molecule has 0 unspecified atom stereocenters. The van der Waals surface area contributed by atoms with E-state index in [1.165, 1.54) is 0 Å². The number of hydrogen-bond donors (Lipinski definition) is 2. The van der Waals surface area contributed by atoms with E-state index in [4.69, 9.17) is 16.9 Å². The molecule has 25 heavy (non-hydrogen) atoms. The first-order valence-electron chi connectivity index (χ1n) is 7.69. The van der Waals surface area contributed by atoms with Gasteiger partial charge in [0.1, 0.15) is 5.82 Å². The van der Waals surface area contributed by atoms with E-state index in [9.17, 15) is 0 Å². The number of halogens is 1. The number of nitrogens with one attached hydrogen (secondary N) is 2. The van der Waals surface area contributed by atoms with Crippen molar-refractivity contribution in [2.75, 3.05) is 10.6 Å². The van der Waals surface area contributed by atoms with Crippen LogP contribution in [0.3, 0.4) is 0 Å². The van der Waals surface area contributed by atoms with Crippen molar-refractivity contribution in [3.8, 4) is 6.07 Å². The zero-order valence-corrected chi connectivity index (χ0v) is 14.6. The maximum Gasteiger partial charge on any atom is 0.229 e. The number of aromatic nitrogens is 2. The van der Waals surface area contributed by atoms with Gasteiger partial charge in [0, 0.05) is 22.6 Å². The van der Waals surface area contributed by atoms with Crippen molar-refractivity contribution < 1.29 is 0 Å². The van der Waals surface area contributed by atoms with Gasteiger partial charge in [-0.2, -0.15) is 10.2 Å². The van der Waals surface area contributed by atoms with E-state index in [0.29, 0.717) is 17.3 Å². The number of nitrogens with zero attached hydrogens (tertiary/aromatic N) is 3. The summed E-state index contributed by atoms with van der Waals surface area (Å²) >= 11 is 6.21. The number of rotatable bonds is 4. The van der Waals surface area contributed by atoms with Crippen molar-refractivity contribution in [2.24, 2.45) is 0 Å². The van der Waals surface area contributed by atoms with E-state index in [2.05, 4.69) is 26.7 Å². The Bertz CT molecular complexity index is 922. The summed E-state index contributed by atoms with van der Waals surface area (Å²) in [4.78, 5) is 8.68. The summed E-state index contributed by atoms with van der Waals surface area (Å²) in [7, 11) is 0. The molecule has 0 saturated heterocycles. The van der Waals surface area contributed by atoms with E-state index < -0.39 is 0 Å². The molecule has 0 bridgehead atoms. The monoisotopic (exact) mass is 349 g/mol. The van der Waals surface area contributed by atoms with Gasteiger partial charge < -0.3 is 10.6 Å². The lowest BCUT2D eigenvalue weighted by Crippen LogP contribution is -2.01. The Morgan fingerprint density at radius 1 is 0.960 bits per heavy atom. The molecule has 0 aliphatic carbocycles. The minimum absolute atomic E-state index is 0.470. The fourth-order valence-corrected chi connectivity index (χ4v) is 2.52. The van der Waals surface area contributed by atoms with Gasteiger partial charge in [-0.15, -0.1) is 0 Å². The van der Waals surface area contributed by atoms with E-state index in [-0.39, 0.29) is 0 Å². The van der Waals surface area contributed by atoms with Gasteiger partial charge in [0.2, 0.25) is 5.95 Å². The van der Waals surface area contributed by atoms with Crippen LogP contribution in [0.25, 0.3) is 0 Å². The van der Waals surface area contributed by atoms with Crippen LogP contribution < -0.4 is 10.6 Å². The summed E-state index contributed by atoms with van der Waals surface area (Å²) in [5, 5.41) is 16.0. The molecule has 0 fully saturated rings. The molecule has 0 spiro atoms. The van der Waals surface area contributed by atoms with E-state index in [0.717, 1.165) is 27.5 Å². The molecule has 3 rings (SSSR count). The fourth-order valence-electron chi connectivity index (χ4n) is 2.41. The van der Waals surface area contributed by atoms with Gasteiger partial charge in [0.25, 0.3) is 0 Å². The van der Waals surface area contributed by atoms with Crippen molar-refractivity contribution >= 4 is 34.7 Å². The van der Waals surface area contributed by atoms with Crippen LogP contribution in [-0.4, -0.2) is 9.97 Å². The van der Waals surface area contributed by atoms with Crippen LogP contribution in [0.15, 0.2) is 48.7 Å². The zero-order valence-electron chi connectivity index (χ0n) is 13.8. The van der Waals surface area contributed by atoms with Gasteiger partial charge in [-0.25, -0.2) is 4.98 Å². The van der Waals surface area contributed by atoms with Crippen molar-refractivity contribution in [1.82, 2.24) is 9.97 Å². The van der Waals surface area contributed by atoms with Gasteiger partial charge in [-0.05, 0) is 67.4 Å². The SMILES string of the molecule is Cc1cc(Nc2ccnc(Nc3ccc(C#N)cc3)n2)cc(C)c1Cl. The average molecular weight is 350 g/mol. The molecule has 0 amide bonds. The maximum absolute atomic E-state index is 8.84. The second kappa shape index (κ2) is 7.20. The van der Waals surface area contributed by atoms with E-state index in [1.54, 1.807) is 24.4 Å². The minimum atomic E-state index is 0.470. The number of nitriles is 1. The maximum atomic E-state index is 8.84. The van der Waals surface area contributed by atoms with Crippen LogP contribution >= 0.6 is 11.6 Å². The van der Waals surface area contributed by atoms with Crippen molar-refractivity contribution in [2.45, 2.75) is 13.8 Å². The molecule has 5 nitrogen and oxygen atoms in total. The third-order valence-electron chi connectivity index (χ3n) is 3.63. The van der Waals surface area contributed by atoms with Crippen LogP contribution in [0.1, 0.15) is 16.7 Å². The first-order valence-corrected chi connectivity index (χ1v) is 8.07. The molecule has 6 heteroatoms. The highest BCUT2D eigenvalue weighted by molar-refractivity contribution is 6.32. The Morgan fingerprint density at radius 3 is 2.28 bits per heavy atom. The number of aryl methyl sites for hydroxylation is 2. The van der Waals surface area contributed by atoms with Gasteiger partial charge >= 0.3 is 0 Å². The van der Waals surface area contributed by atoms with Crippen LogP contribution in [-0.2, 0) is 0 Å². The lowest BCUT2D eigenvalue weighted by Gasteiger charge is -2.11. The molecule has 0 atom stereocenters. The van der Waals surface area contributed by atoms with Gasteiger partial charge in [0.05, 0.1) is 11.6 Å². The van der Waals surface area contributed by atoms with Gasteiger partial charge in [-0.1, -0.05) is 11.6 Å². The molecule has 3 aromatic rings. The Balaban J connectivity index is 1.78. The largest absolute Gasteiger partial charge is 0.340 e. The smallest absolute Gasteiger partial charge is 0.229 e. The second-order valence-corrected chi connectivity index (χ2v) is 6.01. The first kappa shape index (κ1) is 16.7. The number of benzene rings is 2. The molecular weight excluding hydrogens is 334 g/mol. The van der Waals surface area contributed by atoms with E-state index >= 15 is 0 Å². The second-order valence-electron chi connectivity index (χ2n) is 5.63. The molecule has 0 aliphatic rings. The molecule has 1 aromatic heterocycles. The van der Waals surface area contributed by atoms with E-state index in [1.807, 2.05) is 38.1 Å². The molecule has 0 saturated carbocycles. The quantitative estimate of drug-likeness (QED) is 0.685. The lowest BCUT2D eigenvalue weighted by atomic mass is 10.1. The topological polar surface area (TPSA) is 73.6 Å². The van der Waals surface area contributed by atoms with Crippen LogP contribution in [0.4, 0.5) is 23.1 Å². The fraction of sp³-hybridized carbons (Fsp3) is 0.105. The predicted molar refractivity (Wildman–Crippen MR) is 101 cm³/mol. The summed E-state index contributed by atoms with van der Waals surface area (Å²) in [5.41, 5.74) is 4.36. The van der Waals surface area contributed by atoms with Crippen LogP contribution in [0, 0.1) is 25.2 Å². The summed E-state index contributed by atoms with van der Waals surface area (Å²) in [6, 6.07) is 14.9. The van der Waals surface area contributed by atoms with Crippen molar-refractivity contribution in [3.05, 3.63) is 70.4 Å². The molecule has 2 aromatic carbocycles. The summed E-state index contributed by atoms with van der Waals surface area (Å²) in [5.74, 6) is 1.14. The molecule has 1 heterocycles.